The van der Waals surface area contributed by atoms with Gasteiger partial charge in [0, 0.05) is 31.7 Å². The predicted octanol–water partition coefficient (Wildman–Crippen LogP) is 1.38. The molecule has 0 saturated carbocycles. The van der Waals surface area contributed by atoms with Crippen LogP contribution in [0.3, 0.4) is 0 Å². The van der Waals surface area contributed by atoms with Gasteiger partial charge in [-0.3, -0.25) is 4.79 Å². The Balaban J connectivity index is 1.67. The number of aromatic nitrogens is 2. The third-order valence-corrected chi connectivity index (χ3v) is 4.26. The molecule has 0 aliphatic heterocycles. The van der Waals surface area contributed by atoms with Crippen molar-refractivity contribution in [2.45, 2.75) is 18.2 Å². The van der Waals surface area contributed by atoms with Gasteiger partial charge in [0.25, 0.3) is 5.91 Å². The summed E-state index contributed by atoms with van der Waals surface area (Å²) in [6.07, 6.45) is 2.41. The molecule has 0 aliphatic rings. The van der Waals surface area contributed by atoms with Crippen LogP contribution in [0.4, 0.5) is 0 Å². The van der Waals surface area contributed by atoms with Gasteiger partial charge in [-0.2, -0.15) is 0 Å². The number of imidazole rings is 1. The number of ether oxygens (including phenoxy) is 1. The molecular weight excluding hydrogens is 314 g/mol. The molecule has 1 atom stereocenters. The maximum atomic E-state index is 11.8. The van der Waals surface area contributed by atoms with Crippen LogP contribution in [0.15, 0.2) is 41.8 Å². The average Bonchev–Trinajstić information content (AvgIpc) is 2.95. The number of thioether (sulfide) groups is 1. The largest absolute Gasteiger partial charge is 0.490 e. The number of aryl methyl sites for hydroxylation is 2. The van der Waals surface area contributed by atoms with Crippen molar-refractivity contribution in [2.24, 2.45) is 7.05 Å². The van der Waals surface area contributed by atoms with Gasteiger partial charge in [-0.25, -0.2) is 4.98 Å². The number of para-hydroxylation sites is 1. The Morgan fingerprint density at radius 2 is 2.26 bits per heavy atom. The van der Waals surface area contributed by atoms with Crippen LogP contribution in [0.1, 0.15) is 5.56 Å². The molecule has 2 aromatic rings. The molecule has 0 aliphatic carbocycles. The zero-order valence-corrected chi connectivity index (χ0v) is 14.0. The first-order chi connectivity index (χ1) is 11.1. The minimum atomic E-state index is -1.19. The van der Waals surface area contributed by atoms with Crippen LogP contribution in [0.2, 0.25) is 0 Å². The molecule has 23 heavy (non-hydrogen) atoms. The van der Waals surface area contributed by atoms with Crippen LogP contribution in [0, 0.1) is 6.92 Å². The Bertz CT molecular complexity index is 645. The lowest BCUT2D eigenvalue weighted by Crippen LogP contribution is -2.39. The molecule has 1 heterocycles. The fourth-order valence-corrected chi connectivity index (χ4v) is 2.67. The van der Waals surface area contributed by atoms with Crippen molar-refractivity contribution in [3.8, 4) is 5.75 Å². The molecule has 1 amide bonds. The highest BCUT2D eigenvalue weighted by molar-refractivity contribution is 7.99. The molecule has 0 spiro atoms. The topological polar surface area (TPSA) is 76.4 Å². The molecule has 0 radical (unpaired) electrons. The summed E-state index contributed by atoms with van der Waals surface area (Å²) in [4.78, 5) is 16.0. The van der Waals surface area contributed by atoms with Crippen LogP contribution in [0.5, 0.6) is 5.75 Å². The minimum absolute atomic E-state index is 0.0663. The lowest BCUT2D eigenvalue weighted by atomic mass is 10.2. The summed E-state index contributed by atoms with van der Waals surface area (Å²) in [6, 6.07) is 7.48. The first-order valence-corrected chi connectivity index (χ1v) is 8.31. The summed E-state index contributed by atoms with van der Waals surface area (Å²) in [7, 11) is 1.92. The highest BCUT2D eigenvalue weighted by Crippen LogP contribution is 2.16. The average molecular weight is 335 g/mol. The van der Waals surface area contributed by atoms with Crippen molar-refractivity contribution < 1.29 is 14.6 Å². The maximum absolute atomic E-state index is 11.8. The number of nitrogens with one attached hydrogen (secondary N) is 1. The van der Waals surface area contributed by atoms with Crippen LogP contribution in [0.25, 0.3) is 0 Å². The summed E-state index contributed by atoms with van der Waals surface area (Å²) in [5.41, 5.74) is 0.964. The van der Waals surface area contributed by atoms with E-state index in [1.807, 2.05) is 49.0 Å². The number of benzene rings is 1. The summed E-state index contributed by atoms with van der Waals surface area (Å²) >= 11 is 1.54. The van der Waals surface area contributed by atoms with E-state index >= 15 is 0 Å². The van der Waals surface area contributed by atoms with Crippen molar-refractivity contribution in [3.05, 3.63) is 42.2 Å². The fraction of sp³-hybridized carbons (Fsp3) is 0.375. The van der Waals surface area contributed by atoms with Crippen LogP contribution < -0.4 is 10.1 Å². The third kappa shape index (κ3) is 5.30. The second-order valence-electron chi connectivity index (χ2n) is 5.05. The first kappa shape index (κ1) is 17.4. The zero-order valence-electron chi connectivity index (χ0n) is 13.2. The van der Waals surface area contributed by atoms with Gasteiger partial charge >= 0.3 is 0 Å². The number of carbonyl (C=O) groups is 1. The summed E-state index contributed by atoms with van der Waals surface area (Å²) in [6.45, 7) is 2.30. The van der Waals surface area contributed by atoms with Crippen LogP contribution in [-0.2, 0) is 11.8 Å². The standard InChI is InChI=1S/C16H21N3O3S/c1-12-5-3-4-6-14(12)22-11-13(20)15(21)17-8-10-23-16-18-7-9-19(16)2/h3-7,9,13,20H,8,10-11H2,1-2H3,(H,17,21). The van der Waals surface area contributed by atoms with Gasteiger partial charge in [-0.15, -0.1) is 0 Å². The summed E-state index contributed by atoms with van der Waals surface area (Å²) in [5, 5.41) is 13.4. The van der Waals surface area contributed by atoms with Gasteiger partial charge in [-0.1, -0.05) is 30.0 Å². The van der Waals surface area contributed by atoms with E-state index in [4.69, 9.17) is 4.74 Å². The quantitative estimate of drug-likeness (QED) is 0.563. The molecule has 0 saturated heterocycles. The normalized spacial score (nSPS) is 12.0. The van der Waals surface area contributed by atoms with E-state index in [1.54, 1.807) is 18.0 Å². The van der Waals surface area contributed by atoms with Crippen LogP contribution in [-0.4, -0.2) is 45.6 Å². The molecule has 0 fully saturated rings. The number of rotatable bonds is 8. The monoisotopic (exact) mass is 335 g/mol. The molecule has 1 aromatic heterocycles. The SMILES string of the molecule is Cc1ccccc1OCC(O)C(=O)NCCSc1nccn1C. The Morgan fingerprint density at radius 1 is 1.48 bits per heavy atom. The Morgan fingerprint density at radius 3 is 2.96 bits per heavy atom. The number of nitrogens with zero attached hydrogens (tertiary/aromatic N) is 2. The first-order valence-electron chi connectivity index (χ1n) is 7.32. The summed E-state index contributed by atoms with van der Waals surface area (Å²) in [5.74, 6) is 0.922. The molecule has 0 bridgehead atoms. The van der Waals surface area contributed by atoms with Gasteiger partial charge in [0.1, 0.15) is 12.4 Å². The van der Waals surface area contributed by atoms with E-state index < -0.39 is 12.0 Å². The molecule has 7 heteroatoms. The smallest absolute Gasteiger partial charge is 0.252 e. The lowest BCUT2D eigenvalue weighted by Gasteiger charge is -2.13. The highest BCUT2D eigenvalue weighted by Gasteiger charge is 2.15. The molecule has 124 valence electrons. The van der Waals surface area contributed by atoms with Crippen molar-refractivity contribution in [1.29, 1.82) is 0 Å². The van der Waals surface area contributed by atoms with Crippen molar-refractivity contribution in [1.82, 2.24) is 14.9 Å². The number of hydrogen-bond acceptors (Lipinski definition) is 5. The molecular formula is C16H21N3O3S. The van der Waals surface area contributed by atoms with E-state index in [0.717, 1.165) is 10.7 Å². The van der Waals surface area contributed by atoms with Gasteiger partial charge in [0.15, 0.2) is 11.3 Å². The van der Waals surface area contributed by atoms with E-state index in [2.05, 4.69) is 10.3 Å². The number of amides is 1. The fourth-order valence-electron chi connectivity index (χ4n) is 1.89. The van der Waals surface area contributed by atoms with E-state index in [1.165, 1.54) is 0 Å². The van der Waals surface area contributed by atoms with E-state index in [-0.39, 0.29) is 6.61 Å². The maximum Gasteiger partial charge on any atom is 0.252 e. The van der Waals surface area contributed by atoms with Crippen molar-refractivity contribution in [3.63, 3.8) is 0 Å². The summed E-state index contributed by atoms with van der Waals surface area (Å²) < 4.78 is 7.39. The highest BCUT2D eigenvalue weighted by atomic mass is 32.2. The van der Waals surface area contributed by atoms with Gasteiger partial charge in [-0.05, 0) is 18.6 Å². The van der Waals surface area contributed by atoms with Crippen LogP contribution >= 0.6 is 11.8 Å². The molecule has 2 N–H and O–H groups in total. The molecule has 2 rings (SSSR count). The molecule has 1 unspecified atom stereocenters. The Hall–Kier alpha value is -1.99. The third-order valence-electron chi connectivity index (χ3n) is 3.20. The van der Waals surface area contributed by atoms with Gasteiger partial charge in [0.05, 0.1) is 0 Å². The minimum Gasteiger partial charge on any atom is -0.490 e. The van der Waals surface area contributed by atoms with Gasteiger partial charge in [0.2, 0.25) is 0 Å². The molecule has 1 aromatic carbocycles. The number of aliphatic hydroxyl groups excluding tert-OH is 1. The Kier molecular flexibility index (Phi) is 6.49. The van der Waals surface area contributed by atoms with Gasteiger partial charge < -0.3 is 19.7 Å². The van der Waals surface area contributed by atoms with E-state index in [0.29, 0.717) is 18.0 Å². The Labute approximate surface area is 139 Å². The number of aliphatic hydroxyl groups is 1. The second kappa shape index (κ2) is 8.59. The second-order valence-corrected chi connectivity index (χ2v) is 6.11. The number of carbonyl (C=O) groups excluding carboxylic acids is 1. The van der Waals surface area contributed by atoms with E-state index in [9.17, 15) is 9.90 Å². The molecule has 6 nitrogen and oxygen atoms in total. The van der Waals surface area contributed by atoms with Crippen molar-refractivity contribution >= 4 is 17.7 Å². The lowest BCUT2D eigenvalue weighted by molar-refractivity contribution is -0.130. The zero-order chi connectivity index (χ0) is 16.7. The van der Waals surface area contributed by atoms with Crippen molar-refractivity contribution in [2.75, 3.05) is 18.9 Å². The predicted molar refractivity (Wildman–Crippen MR) is 89.6 cm³/mol. The number of hydrogen-bond donors (Lipinski definition) is 2.